The number of aromatic nitrogens is 3. The first-order valence-corrected chi connectivity index (χ1v) is 10.1. The molecule has 2 aromatic carbocycles. The van der Waals surface area contributed by atoms with Gasteiger partial charge in [0.05, 0.1) is 16.0 Å². The predicted molar refractivity (Wildman–Crippen MR) is 117 cm³/mol. The van der Waals surface area contributed by atoms with Crippen LogP contribution in [-0.2, 0) is 11.3 Å². The standard InChI is InChI=1S/C22H16N4O3S/c1-13-23-20-21(30-13)19(17-10-5-11-29-17)25-26(22(20)28)12-18(27)24-16-9-4-7-14-6-2-3-8-15(14)16/h2-11H,12H2,1H3,(H,24,27). The number of thiazole rings is 1. The number of carbonyl (C=O) groups excluding carboxylic acids is 1. The molecule has 0 bridgehead atoms. The highest BCUT2D eigenvalue weighted by Gasteiger charge is 2.19. The lowest BCUT2D eigenvalue weighted by molar-refractivity contribution is -0.117. The highest BCUT2D eigenvalue weighted by atomic mass is 32.1. The summed E-state index contributed by atoms with van der Waals surface area (Å²) in [7, 11) is 0. The molecule has 5 aromatic rings. The van der Waals surface area contributed by atoms with Crippen molar-refractivity contribution >= 4 is 43.9 Å². The van der Waals surface area contributed by atoms with Gasteiger partial charge in [-0.05, 0) is 30.5 Å². The van der Waals surface area contributed by atoms with Crippen LogP contribution in [0.2, 0.25) is 0 Å². The second-order valence-corrected chi connectivity index (χ2v) is 7.98. The first-order chi connectivity index (χ1) is 14.6. The summed E-state index contributed by atoms with van der Waals surface area (Å²) in [6, 6.07) is 17.0. The van der Waals surface area contributed by atoms with Crippen LogP contribution in [0.5, 0.6) is 0 Å². The third kappa shape index (κ3) is 3.17. The van der Waals surface area contributed by atoms with Crippen molar-refractivity contribution in [2.45, 2.75) is 13.5 Å². The lowest BCUT2D eigenvalue weighted by Crippen LogP contribution is -2.30. The molecule has 8 heteroatoms. The van der Waals surface area contributed by atoms with Crippen molar-refractivity contribution < 1.29 is 9.21 Å². The molecule has 3 heterocycles. The summed E-state index contributed by atoms with van der Waals surface area (Å²) in [5.41, 5.74) is 1.07. The van der Waals surface area contributed by atoms with Crippen LogP contribution in [0.15, 0.2) is 70.1 Å². The summed E-state index contributed by atoms with van der Waals surface area (Å²) < 4.78 is 7.27. The number of hydrogen-bond donors (Lipinski definition) is 1. The second kappa shape index (κ2) is 7.23. The number of rotatable bonds is 4. The molecule has 0 radical (unpaired) electrons. The number of carbonyl (C=O) groups is 1. The minimum atomic E-state index is -0.405. The van der Waals surface area contributed by atoms with Gasteiger partial charge in [-0.3, -0.25) is 9.59 Å². The van der Waals surface area contributed by atoms with Crippen LogP contribution in [0.25, 0.3) is 32.4 Å². The van der Waals surface area contributed by atoms with Gasteiger partial charge >= 0.3 is 0 Å². The highest BCUT2D eigenvalue weighted by Crippen LogP contribution is 2.29. The summed E-state index contributed by atoms with van der Waals surface area (Å²) in [6.45, 7) is 1.59. The number of anilines is 1. The molecule has 1 amide bonds. The largest absolute Gasteiger partial charge is 0.463 e. The van der Waals surface area contributed by atoms with E-state index in [1.165, 1.54) is 11.3 Å². The third-order valence-corrected chi connectivity index (χ3v) is 5.70. The van der Waals surface area contributed by atoms with E-state index >= 15 is 0 Å². The van der Waals surface area contributed by atoms with Crippen molar-refractivity contribution in [3.8, 4) is 11.5 Å². The van der Waals surface area contributed by atoms with Crippen LogP contribution in [0.4, 0.5) is 5.69 Å². The zero-order chi connectivity index (χ0) is 20.7. The Hall–Kier alpha value is -3.78. The second-order valence-electron chi connectivity index (χ2n) is 6.77. The van der Waals surface area contributed by atoms with E-state index in [4.69, 9.17) is 4.42 Å². The van der Waals surface area contributed by atoms with Gasteiger partial charge in [0.25, 0.3) is 5.56 Å². The number of benzene rings is 2. The average Bonchev–Trinajstić information content (AvgIpc) is 3.40. The Labute approximate surface area is 174 Å². The molecular weight excluding hydrogens is 400 g/mol. The van der Waals surface area contributed by atoms with Gasteiger partial charge in [0.1, 0.15) is 12.2 Å². The van der Waals surface area contributed by atoms with E-state index in [2.05, 4.69) is 15.4 Å². The maximum absolute atomic E-state index is 12.9. The van der Waals surface area contributed by atoms with Crippen molar-refractivity contribution in [3.05, 3.63) is 76.2 Å². The molecular formula is C22H16N4O3S. The zero-order valence-electron chi connectivity index (χ0n) is 16.0. The molecule has 0 atom stereocenters. The minimum absolute atomic E-state index is 0.234. The van der Waals surface area contributed by atoms with E-state index in [1.54, 1.807) is 18.4 Å². The number of nitrogens with zero attached hydrogens (tertiary/aromatic N) is 3. The van der Waals surface area contributed by atoms with Crippen LogP contribution in [0.3, 0.4) is 0 Å². The van der Waals surface area contributed by atoms with Gasteiger partial charge in [-0.2, -0.15) is 5.10 Å². The van der Waals surface area contributed by atoms with Crippen molar-refractivity contribution in [1.82, 2.24) is 14.8 Å². The van der Waals surface area contributed by atoms with E-state index in [0.717, 1.165) is 20.5 Å². The SMILES string of the molecule is Cc1nc2c(=O)n(CC(=O)Nc3cccc4ccccc34)nc(-c3ccco3)c2s1. The quantitative estimate of drug-likeness (QED) is 0.474. The van der Waals surface area contributed by atoms with Gasteiger partial charge in [0, 0.05) is 11.1 Å². The molecule has 0 saturated carbocycles. The van der Waals surface area contributed by atoms with Crippen molar-refractivity contribution in [2.75, 3.05) is 5.32 Å². The molecule has 3 aromatic heterocycles. The molecule has 0 fully saturated rings. The maximum Gasteiger partial charge on any atom is 0.294 e. The van der Waals surface area contributed by atoms with Crippen LogP contribution >= 0.6 is 11.3 Å². The van der Waals surface area contributed by atoms with Gasteiger partial charge in [-0.25, -0.2) is 9.67 Å². The molecule has 148 valence electrons. The Kier molecular flexibility index (Phi) is 4.40. The number of hydrogen-bond acceptors (Lipinski definition) is 6. The van der Waals surface area contributed by atoms with E-state index in [1.807, 2.05) is 49.4 Å². The summed E-state index contributed by atoms with van der Waals surface area (Å²) in [6.07, 6.45) is 1.54. The number of aryl methyl sites for hydroxylation is 1. The number of furan rings is 1. The maximum atomic E-state index is 12.9. The zero-order valence-corrected chi connectivity index (χ0v) is 16.8. The third-order valence-electron chi connectivity index (χ3n) is 4.72. The minimum Gasteiger partial charge on any atom is -0.463 e. The van der Waals surface area contributed by atoms with E-state index in [9.17, 15) is 9.59 Å². The van der Waals surface area contributed by atoms with Gasteiger partial charge in [-0.15, -0.1) is 11.3 Å². The molecule has 0 saturated heterocycles. The summed E-state index contributed by atoms with van der Waals surface area (Å²) in [4.78, 5) is 30.0. The molecule has 0 spiro atoms. The monoisotopic (exact) mass is 416 g/mol. The summed E-state index contributed by atoms with van der Waals surface area (Å²) in [5.74, 6) is 0.171. The molecule has 0 aliphatic carbocycles. The lowest BCUT2D eigenvalue weighted by Gasteiger charge is -2.10. The van der Waals surface area contributed by atoms with Crippen LogP contribution in [0, 0.1) is 6.92 Å². The smallest absolute Gasteiger partial charge is 0.294 e. The normalized spacial score (nSPS) is 11.2. The summed E-state index contributed by atoms with van der Waals surface area (Å²) >= 11 is 1.38. The van der Waals surface area contributed by atoms with E-state index in [0.29, 0.717) is 21.8 Å². The first kappa shape index (κ1) is 18.3. The molecule has 0 aliphatic rings. The van der Waals surface area contributed by atoms with E-state index < -0.39 is 5.56 Å². The molecule has 0 unspecified atom stereocenters. The van der Waals surface area contributed by atoms with Gasteiger partial charge in [0.2, 0.25) is 5.91 Å². The van der Waals surface area contributed by atoms with Crippen molar-refractivity contribution in [1.29, 1.82) is 0 Å². The van der Waals surface area contributed by atoms with Crippen LogP contribution in [0.1, 0.15) is 5.01 Å². The number of amides is 1. The molecule has 7 nitrogen and oxygen atoms in total. The highest BCUT2D eigenvalue weighted by molar-refractivity contribution is 7.19. The fourth-order valence-electron chi connectivity index (χ4n) is 3.41. The van der Waals surface area contributed by atoms with Crippen molar-refractivity contribution in [2.24, 2.45) is 0 Å². The Morgan fingerprint density at radius 1 is 1.13 bits per heavy atom. The number of fused-ring (bicyclic) bond motifs is 2. The number of nitrogens with one attached hydrogen (secondary N) is 1. The van der Waals surface area contributed by atoms with Gasteiger partial charge in [-0.1, -0.05) is 36.4 Å². The fourth-order valence-corrected chi connectivity index (χ4v) is 4.31. The Balaban J connectivity index is 1.53. The Morgan fingerprint density at radius 3 is 2.80 bits per heavy atom. The summed E-state index contributed by atoms with van der Waals surface area (Å²) in [5, 5.41) is 10.00. The molecule has 30 heavy (non-hydrogen) atoms. The topological polar surface area (TPSA) is 90.0 Å². The Morgan fingerprint density at radius 2 is 1.97 bits per heavy atom. The molecule has 0 aliphatic heterocycles. The molecule has 5 rings (SSSR count). The lowest BCUT2D eigenvalue weighted by atomic mass is 10.1. The Bertz CT molecular complexity index is 1450. The van der Waals surface area contributed by atoms with Crippen LogP contribution < -0.4 is 10.9 Å². The van der Waals surface area contributed by atoms with Gasteiger partial charge in [0.15, 0.2) is 11.3 Å². The predicted octanol–water partition coefficient (Wildman–Crippen LogP) is 4.21. The molecule has 1 N–H and O–H groups in total. The van der Waals surface area contributed by atoms with Gasteiger partial charge < -0.3 is 9.73 Å². The van der Waals surface area contributed by atoms with Crippen molar-refractivity contribution in [3.63, 3.8) is 0 Å². The van der Waals surface area contributed by atoms with Crippen LogP contribution in [-0.4, -0.2) is 20.7 Å². The van der Waals surface area contributed by atoms with E-state index in [-0.39, 0.29) is 18.0 Å². The first-order valence-electron chi connectivity index (χ1n) is 9.30. The fraction of sp³-hybridized carbons (Fsp3) is 0.0909. The average molecular weight is 416 g/mol.